The van der Waals surface area contributed by atoms with Gasteiger partial charge in [-0.15, -0.1) is 11.3 Å². The number of fused-ring (bicyclic) bond motifs is 10. The van der Waals surface area contributed by atoms with Gasteiger partial charge in [0.15, 0.2) is 0 Å². The fraction of sp³-hybridized carbons (Fsp3) is 0. The van der Waals surface area contributed by atoms with Gasteiger partial charge < -0.3 is 0 Å². The SMILES string of the molecule is O=S1(=O)C2=C(C(c3cc(F)cc(F)c3)=c3cc4cc5c(cc4cc32)=C(c2cc(F)cc(F)c2)c2c-5sc3ccccc23)c2ccccc21. The molecule has 3 aliphatic rings. The van der Waals surface area contributed by atoms with E-state index in [1.165, 1.54) is 24.3 Å². The first-order valence-corrected chi connectivity index (χ1v) is 17.4. The maximum Gasteiger partial charge on any atom is 0.208 e. The first-order valence-electron chi connectivity index (χ1n) is 15.1. The van der Waals surface area contributed by atoms with Crippen LogP contribution < -0.4 is 10.4 Å². The predicted molar refractivity (Wildman–Crippen MR) is 181 cm³/mol. The first kappa shape index (κ1) is 27.8. The summed E-state index contributed by atoms with van der Waals surface area (Å²) in [6.07, 6.45) is 0. The second kappa shape index (κ2) is 9.40. The van der Waals surface area contributed by atoms with Crippen molar-refractivity contribution in [1.29, 1.82) is 0 Å². The molecule has 1 aromatic heterocycles. The Labute approximate surface area is 274 Å². The van der Waals surface area contributed by atoms with Crippen molar-refractivity contribution in [2.75, 3.05) is 0 Å². The van der Waals surface area contributed by atoms with Crippen molar-refractivity contribution < 1.29 is 26.0 Å². The van der Waals surface area contributed by atoms with Gasteiger partial charge in [-0.05, 0) is 104 Å². The summed E-state index contributed by atoms with van der Waals surface area (Å²) in [5, 5.41) is 3.80. The monoisotopic (exact) mass is 670 g/mol. The maximum atomic E-state index is 14.7. The van der Waals surface area contributed by atoms with Gasteiger partial charge in [0, 0.05) is 54.9 Å². The smallest absolute Gasteiger partial charge is 0.208 e. The Kier molecular flexibility index (Phi) is 5.44. The Balaban J connectivity index is 1.35. The normalized spacial score (nSPS) is 15.2. The summed E-state index contributed by atoms with van der Waals surface area (Å²) in [4.78, 5) is 1.20. The van der Waals surface area contributed by atoms with Gasteiger partial charge in [0.2, 0.25) is 9.84 Å². The highest BCUT2D eigenvalue weighted by Crippen LogP contribution is 2.52. The van der Waals surface area contributed by atoms with E-state index in [0.29, 0.717) is 44.0 Å². The molecule has 2 nitrogen and oxygen atoms in total. The van der Waals surface area contributed by atoms with Crippen molar-refractivity contribution in [1.82, 2.24) is 0 Å². The molecule has 48 heavy (non-hydrogen) atoms. The minimum Gasteiger partial charge on any atom is -0.218 e. The van der Waals surface area contributed by atoms with Gasteiger partial charge in [0.1, 0.15) is 23.3 Å². The number of allylic oxidation sites excluding steroid dienone is 1. The minimum atomic E-state index is -3.98. The van der Waals surface area contributed by atoms with E-state index in [9.17, 15) is 26.0 Å². The molecule has 0 atom stereocenters. The van der Waals surface area contributed by atoms with E-state index in [2.05, 4.69) is 0 Å². The number of hydrogen-bond donors (Lipinski definition) is 0. The molecule has 0 N–H and O–H groups in total. The highest BCUT2D eigenvalue weighted by molar-refractivity contribution is 8.01. The third-order valence-electron chi connectivity index (χ3n) is 9.48. The molecule has 0 saturated heterocycles. The highest BCUT2D eigenvalue weighted by Gasteiger charge is 2.42. The lowest BCUT2D eigenvalue weighted by Gasteiger charge is -2.11. The lowest BCUT2D eigenvalue weighted by Crippen LogP contribution is -2.14. The molecule has 0 fully saturated rings. The minimum absolute atomic E-state index is 0.0993. The molecular weight excluding hydrogens is 653 g/mol. The predicted octanol–water partition coefficient (Wildman–Crippen LogP) is 8.71. The number of halogens is 4. The Morgan fingerprint density at radius 1 is 0.521 bits per heavy atom. The van der Waals surface area contributed by atoms with Crippen molar-refractivity contribution in [3.05, 3.63) is 171 Å². The molecule has 0 bridgehead atoms. The molecule has 10 rings (SSSR count). The van der Waals surface area contributed by atoms with E-state index in [1.807, 2.05) is 42.5 Å². The summed E-state index contributed by atoms with van der Waals surface area (Å²) in [5.74, 6) is -2.91. The van der Waals surface area contributed by atoms with Gasteiger partial charge in [0.25, 0.3) is 0 Å². The van der Waals surface area contributed by atoms with Crippen LogP contribution in [0, 0.1) is 23.3 Å². The van der Waals surface area contributed by atoms with Gasteiger partial charge in [-0.2, -0.15) is 0 Å². The van der Waals surface area contributed by atoms with Crippen LogP contribution in [0.4, 0.5) is 17.6 Å². The Hall–Kier alpha value is -5.31. The molecule has 7 aromatic rings. The largest absolute Gasteiger partial charge is 0.218 e. The van der Waals surface area contributed by atoms with Crippen molar-refractivity contribution >= 4 is 63.7 Å². The zero-order chi connectivity index (χ0) is 32.6. The fourth-order valence-corrected chi connectivity index (χ4v) is 10.8. The Morgan fingerprint density at radius 2 is 1.08 bits per heavy atom. The molecule has 2 aliphatic carbocycles. The van der Waals surface area contributed by atoms with Crippen LogP contribution >= 0.6 is 11.3 Å². The summed E-state index contributed by atoms with van der Waals surface area (Å²) in [5.41, 5.74) is 4.89. The van der Waals surface area contributed by atoms with E-state index in [1.54, 1.807) is 41.7 Å². The van der Waals surface area contributed by atoms with Gasteiger partial charge in [0.05, 0.1) is 9.80 Å². The lowest BCUT2D eigenvalue weighted by molar-refractivity contribution is 0.582. The van der Waals surface area contributed by atoms with E-state index in [4.69, 9.17) is 0 Å². The third-order valence-corrected chi connectivity index (χ3v) is 12.6. The molecule has 6 aromatic carbocycles. The average molecular weight is 671 g/mol. The summed E-state index contributed by atoms with van der Waals surface area (Å²) >= 11 is 1.59. The molecule has 0 spiro atoms. The number of hydrogen-bond acceptors (Lipinski definition) is 3. The van der Waals surface area contributed by atoms with Crippen molar-refractivity contribution in [3.63, 3.8) is 0 Å². The average Bonchev–Trinajstić information content (AvgIpc) is 3.73. The van der Waals surface area contributed by atoms with Crippen LogP contribution in [0.5, 0.6) is 0 Å². The molecule has 1 aliphatic heterocycles. The molecule has 230 valence electrons. The van der Waals surface area contributed by atoms with Gasteiger partial charge >= 0.3 is 0 Å². The van der Waals surface area contributed by atoms with Gasteiger partial charge in [-0.3, -0.25) is 0 Å². The van der Waals surface area contributed by atoms with Crippen LogP contribution in [0.1, 0.15) is 27.8 Å². The zero-order valence-corrected chi connectivity index (χ0v) is 26.2. The van der Waals surface area contributed by atoms with Gasteiger partial charge in [-0.1, -0.05) is 36.4 Å². The number of sulfone groups is 1. The molecule has 8 heteroatoms. The Bertz CT molecular complexity index is 2910. The number of benzene rings is 6. The van der Waals surface area contributed by atoms with E-state index < -0.39 is 33.1 Å². The first-order chi connectivity index (χ1) is 23.2. The van der Waals surface area contributed by atoms with E-state index >= 15 is 0 Å². The van der Waals surface area contributed by atoms with Crippen LogP contribution in [0.25, 0.3) is 52.9 Å². The molecule has 0 unspecified atom stereocenters. The van der Waals surface area contributed by atoms with E-state index in [0.717, 1.165) is 48.8 Å². The maximum absolute atomic E-state index is 14.7. The zero-order valence-electron chi connectivity index (χ0n) is 24.5. The summed E-state index contributed by atoms with van der Waals surface area (Å²) < 4.78 is 87.9. The van der Waals surface area contributed by atoms with Crippen LogP contribution in [-0.2, 0) is 9.84 Å². The summed E-state index contributed by atoms with van der Waals surface area (Å²) in [7, 11) is -3.98. The van der Waals surface area contributed by atoms with Crippen LogP contribution in [0.15, 0.2) is 114 Å². The van der Waals surface area contributed by atoms with Crippen LogP contribution in [0.2, 0.25) is 0 Å². The quantitative estimate of drug-likeness (QED) is 0.173. The molecule has 0 radical (unpaired) electrons. The molecule has 0 amide bonds. The second-order valence-corrected chi connectivity index (χ2v) is 15.1. The number of rotatable bonds is 2. The van der Waals surface area contributed by atoms with Crippen molar-refractivity contribution in [3.8, 4) is 10.4 Å². The Morgan fingerprint density at radius 3 is 1.77 bits per heavy atom. The van der Waals surface area contributed by atoms with Crippen LogP contribution in [-0.4, -0.2) is 8.42 Å². The summed E-state index contributed by atoms with van der Waals surface area (Å²) in [6.45, 7) is 0. The van der Waals surface area contributed by atoms with E-state index in [-0.39, 0.29) is 15.4 Å². The number of thiophene rings is 1. The fourth-order valence-electron chi connectivity index (χ4n) is 7.69. The standard InChI is InChI=1S/C40H18F4O2S2/c41-23-9-21(10-24(42)17-23)35-29-13-20-16-32-30(14-19(20)15-31(29)39-37(35)27-5-1-3-7-33(27)47-39)36(22-11-25(43)18-26(44)12-22)38-28-6-2-4-8-34(28)48(45,46)40(32)38/h1-18H. The molecule has 0 saturated carbocycles. The van der Waals surface area contributed by atoms with Gasteiger partial charge in [-0.25, -0.2) is 26.0 Å². The molecular formula is C40H18F4O2S2. The van der Waals surface area contributed by atoms with Crippen molar-refractivity contribution in [2.45, 2.75) is 4.90 Å². The molecule has 2 heterocycles. The topological polar surface area (TPSA) is 34.1 Å². The third kappa shape index (κ3) is 3.64. The summed E-state index contributed by atoms with van der Waals surface area (Å²) in [6, 6.07) is 28.9. The van der Waals surface area contributed by atoms with Crippen LogP contribution in [0.3, 0.4) is 0 Å². The highest BCUT2D eigenvalue weighted by atomic mass is 32.2. The van der Waals surface area contributed by atoms with Crippen molar-refractivity contribution in [2.24, 2.45) is 0 Å². The lowest BCUT2D eigenvalue weighted by atomic mass is 9.93. The second-order valence-electron chi connectivity index (χ2n) is 12.2.